The molecular formula is C6H9N3O. The van der Waals surface area contributed by atoms with Crippen LogP contribution in [-0.2, 0) is 11.3 Å². The van der Waals surface area contributed by atoms with Crippen LogP contribution >= 0.6 is 0 Å². The molecule has 0 fully saturated rings. The lowest BCUT2D eigenvalue weighted by molar-refractivity contribution is 0.181. The molecule has 54 valence electrons. The highest BCUT2D eigenvalue weighted by atomic mass is 16.5. The van der Waals surface area contributed by atoms with Crippen molar-refractivity contribution in [1.29, 1.82) is 0 Å². The minimum atomic E-state index is 0.474. The molecule has 4 heteroatoms. The SMILES string of the molecule is COCc1cc(N)ncn1. The molecule has 0 unspecified atom stereocenters. The van der Waals surface area contributed by atoms with E-state index in [1.807, 2.05) is 0 Å². The second kappa shape index (κ2) is 3.12. The van der Waals surface area contributed by atoms with Gasteiger partial charge >= 0.3 is 0 Å². The van der Waals surface area contributed by atoms with Crippen LogP contribution in [0.1, 0.15) is 5.69 Å². The fourth-order valence-electron chi connectivity index (χ4n) is 0.642. The Kier molecular flexibility index (Phi) is 2.17. The third-order valence-electron chi connectivity index (χ3n) is 1.04. The van der Waals surface area contributed by atoms with E-state index < -0.39 is 0 Å². The van der Waals surface area contributed by atoms with Gasteiger partial charge in [-0.2, -0.15) is 0 Å². The van der Waals surface area contributed by atoms with Crippen molar-refractivity contribution in [2.75, 3.05) is 12.8 Å². The molecule has 0 aliphatic heterocycles. The molecule has 10 heavy (non-hydrogen) atoms. The molecule has 1 rings (SSSR count). The first-order chi connectivity index (χ1) is 4.83. The van der Waals surface area contributed by atoms with Gasteiger partial charge < -0.3 is 10.5 Å². The number of hydrogen-bond donors (Lipinski definition) is 1. The Balaban J connectivity index is 2.75. The van der Waals surface area contributed by atoms with Gasteiger partial charge in [0.05, 0.1) is 12.3 Å². The molecule has 0 saturated heterocycles. The lowest BCUT2D eigenvalue weighted by Crippen LogP contribution is -1.96. The Hall–Kier alpha value is -1.16. The van der Waals surface area contributed by atoms with Gasteiger partial charge in [-0.3, -0.25) is 0 Å². The molecule has 0 aromatic carbocycles. The minimum absolute atomic E-state index is 0.474. The van der Waals surface area contributed by atoms with E-state index in [1.165, 1.54) is 6.33 Å². The van der Waals surface area contributed by atoms with Gasteiger partial charge in [-0.05, 0) is 0 Å². The van der Waals surface area contributed by atoms with Crippen molar-refractivity contribution in [2.45, 2.75) is 6.61 Å². The molecule has 0 spiro atoms. The van der Waals surface area contributed by atoms with E-state index in [4.69, 9.17) is 10.5 Å². The van der Waals surface area contributed by atoms with Crippen molar-refractivity contribution in [3.8, 4) is 0 Å². The van der Waals surface area contributed by atoms with Crippen LogP contribution in [0, 0.1) is 0 Å². The maximum absolute atomic E-state index is 5.38. The van der Waals surface area contributed by atoms with Crippen molar-refractivity contribution < 1.29 is 4.74 Å². The van der Waals surface area contributed by atoms with Crippen molar-refractivity contribution in [3.05, 3.63) is 18.1 Å². The number of nitrogens with two attached hydrogens (primary N) is 1. The molecule has 0 radical (unpaired) electrons. The molecule has 4 nitrogen and oxygen atoms in total. The van der Waals surface area contributed by atoms with Gasteiger partial charge in [0.1, 0.15) is 12.1 Å². The summed E-state index contributed by atoms with van der Waals surface area (Å²) in [5.41, 5.74) is 6.18. The van der Waals surface area contributed by atoms with Crippen LogP contribution in [0.5, 0.6) is 0 Å². The first-order valence-electron chi connectivity index (χ1n) is 2.88. The van der Waals surface area contributed by atoms with Gasteiger partial charge in [-0.15, -0.1) is 0 Å². The minimum Gasteiger partial charge on any atom is -0.384 e. The summed E-state index contributed by atoms with van der Waals surface area (Å²) >= 11 is 0. The molecular weight excluding hydrogens is 130 g/mol. The first-order valence-corrected chi connectivity index (χ1v) is 2.88. The number of methoxy groups -OCH3 is 1. The van der Waals surface area contributed by atoms with Crippen LogP contribution in [0.3, 0.4) is 0 Å². The van der Waals surface area contributed by atoms with E-state index in [1.54, 1.807) is 13.2 Å². The molecule has 1 aromatic rings. The highest BCUT2D eigenvalue weighted by Crippen LogP contribution is 1.98. The van der Waals surface area contributed by atoms with Gasteiger partial charge in [0.2, 0.25) is 0 Å². The maximum Gasteiger partial charge on any atom is 0.127 e. The first kappa shape index (κ1) is 6.95. The van der Waals surface area contributed by atoms with E-state index in [2.05, 4.69) is 9.97 Å². The number of ether oxygens (including phenoxy) is 1. The smallest absolute Gasteiger partial charge is 0.127 e. The molecule has 1 aromatic heterocycles. The molecule has 0 saturated carbocycles. The highest BCUT2D eigenvalue weighted by Gasteiger charge is 1.92. The quantitative estimate of drug-likeness (QED) is 0.636. The number of rotatable bonds is 2. The molecule has 0 amide bonds. The lowest BCUT2D eigenvalue weighted by Gasteiger charge is -1.97. The third kappa shape index (κ3) is 1.66. The molecule has 0 aliphatic carbocycles. The molecule has 0 bridgehead atoms. The summed E-state index contributed by atoms with van der Waals surface area (Å²) < 4.78 is 4.84. The van der Waals surface area contributed by atoms with Crippen LogP contribution in [0.4, 0.5) is 5.82 Å². The zero-order valence-electron chi connectivity index (χ0n) is 5.74. The standard InChI is InChI=1S/C6H9N3O/c1-10-3-5-2-6(7)9-4-8-5/h2,4H,3H2,1H3,(H2,7,8,9). The second-order valence-electron chi connectivity index (χ2n) is 1.87. The monoisotopic (exact) mass is 139 g/mol. The summed E-state index contributed by atoms with van der Waals surface area (Å²) in [7, 11) is 1.61. The summed E-state index contributed by atoms with van der Waals surface area (Å²) in [6, 6.07) is 1.68. The molecule has 0 atom stereocenters. The van der Waals surface area contributed by atoms with Crippen LogP contribution in [0.15, 0.2) is 12.4 Å². The highest BCUT2D eigenvalue weighted by molar-refractivity contribution is 5.27. The number of nitrogens with zero attached hydrogens (tertiary/aromatic N) is 2. The van der Waals surface area contributed by atoms with E-state index in [0.717, 1.165) is 5.69 Å². The summed E-state index contributed by atoms with van der Waals surface area (Å²) in [6.07, 6.45) is 1.42. The predicted octanol–water partition coefficient (Wildman–Crippen LogP) is 0.205. The summed E-state index contributed by atoms with van der Waals surface area (Å²) in [6.45, 7) is 0.479. The normalized spacial score (nSPS) is 9.70. The zero-order chi connectivity index (χ0) is 7.40. The Morgan fingerprint density at radius 1 is 1.60 bits per heavy atom. The Morgan fingerprint density at radius 3 is 3.00 bits per heavy atom. The number of hydrogen-bond acceptors (Lipinski definition) is 4. The molecule has 2 N–H and O–H groups in total. The molecule has 1 heterocycles. The summed E-state index contributed by atoms with van der Waals surface area (Å²) in [5.74, 6) is 0.474. The topological polar surface area (TPSA) is 61.0 Å². The van der Waals surface area contributed by atoms with Crippen LogP contribution in [0.25, 0.3) is 0 Å². The zero-order valence-corrected chi connectivity index (χ0v) is 5.74. The largest absolute Gasteiger partial charge is 0.384 e. The van der Waals surface area contributed by atoms with E-state index >= 15 is 0 Å². The third-order valence-corrected chi connectivity index (χ3v) is 1.04. The van der Waals surface area contributed by atoms with Crippen LogP contribution < -0.4 is 5.73 Å². The average molecular weight is 139 g/mol. The van der Waals surface area contributed by atoms with E-state index in [9.17, 15) is 0 Å². The lowest BCUT2D eigenvalue weighted by atomic mass is 10.4. The number of anilines is 1. The van der Waals surface area contributed by atoms with Gasteiger partial charge in [0, 0.05) is 13.2 Å². The van der Waals surface area contributed by atoms with Crippen molar-refractivity contribution in [3.63, 3.8) is 0 Å². The van der Waals surface area contributed by atoms with Crippen LogP contribution in [-0.4, -0.2) is 17.1 Å². The van der Waals surface area contributed by atoms with Crippen molar-refractivity contribution in [2.24, 2.45) is 0 Å². The van der Waals surface area contributed by atoms with Crippen molar-refractivity contribution in [1.82, 2.24) is 9.97 Å². The number of aromatic nitrogens is 2. The van der Waals surface area contributed by atoms with E-state index in [0.29, 0.717) is 12.4 Å². The molecule has 0 aliphatic rings. The maximum atomic E-state index is 5.38. The average Bonchev–Trinajstić information content (AvgIpc) is 1.88. The van der Waals surface area contributed by atoms with Gasteiger partial charge in [-0.25, -0.2) is 9.97 Å². The van der Waals surface area contributed by atoms with Crippen molar-refractivity contribution >= 4 is 5.82 Å². The predicted molar refractivity (Wildman–Crippen MR) is 37.2 cm³/mol. The van der Waals surface area contributed by atoms with Gasteiger partial charge in [0.15, 0.2) is 0 Å². The fraction of sp³-hybridized carbons (Fsp3) is 0.333. The number of nitrogen functional groups attached to an aromatic ring is 1. The van der Waals surface area contributed by atoms with E-state index in [-0.39, 0.29) is 0 Å². The van der Waals surface area contributed by atoms with Gasteiger partial charge in [0.25, 0.3) is 0 Å². The fourth-order valence-corrected chi connectivity index (χ4v) is 0.642. The Morgan fingerprint density at radius 2 is 2.40 bits per heavy atom. The Labute approximate surface area is 59.1 Å². The van der Waals surface area contributed by atoms with Gasteiger partial charge in [-0.1, -0.05) is 0 Å². The van der Waals surface area contributed by atoms with Crippen LogP contribution in [0.2, 0.25) is 0 Å². The second-order valence-corrected chi connectivity index (χ2v) is 1.87. The summed E-state index contributed by atoms with van der Waals surface area (Å²) in [4.78, 5) is 7.65. The Bertz CT molecular complexity index is 214. The summed E-state index contributed by atoms with van der Waals surface area (Å²) in [5, 5.41) is 0.